The van der Waals surface area contributed by atoms with Crippen LogP contribution in [0.3, 0.4) is 0 Å². The Morgan fingerprint density at radius 3 is 2.81 bits per heavy atom. The Hall–Kier alpha value is -0.810. The second-order valence-electron chi connectivity index (χ2n) is 3.52. The minimum atomic E-state index is 0.649. The van der Waals surface area contributed by atoms with Gasteiger partial charge in [-0.1, -0.05) is 11.6 Å². The van der Waals surface area contributed by atoms with Crippen LogP contribution in [-0.4, -0.2) is 19.6 Å². The van der Waals surface area contributed by atoms with Crippen LogP contribution in [-0.2, 0) is 13.1 Å². The van der Waals surface area contributed by atoms with Crippen LogP contribution in [0.4, 0.5) is 0 Å². The molecule has 4 nitrogen and oxygen atoms in total. The zero-order valence-corrected chi connectivity index (χ0v) is 11.5. The van der Waals surface area contributed by atoms with Gasteiger partial charge in [-0.25, -0.2) is 0 Å². The molecule has 0 saturated carbocycles. The lowest BCUT2D eigenvalue weighted by Gasteiger charge is -2.05. The Morgan fingerprint density at radius 2 is 2.25 bits per heavy atom. The van der Waals surface area contributed by atoms with Crippen molar-refractivity contribution in [3.05, 3.63) is 33.3 Å². The van der Waals surface area contributed by atoms with E-state index in [0.717, 1.165) is 22.4 Å². The van der Waals surface area contributed by atoms with Crippen LogP contribution >= 0.6 is 27.5 Å². The molecule has 2 rings (SSSR count). The fraction of sp³-hybridized carbons (Fsp3) is 0.400. The SMILES string of the molecule is CCn1nc(C)c(Br)c1Cn1cc(Cl)cn1. The summed E-state index contributed by atoms with van der Waals surface area (Å²) in [7, 11) is 0. The van der Waals surface area contributed by atoms with E-state index in [4.69, 9.17) is 11.6 Å². The molecule has 0 saturated heterocycles. The first kappa shape index (κ1) is 11.7. The summed E-state index contributed by atoms with van der Waals surface area (Å²) in [6, 6.07) is 0. The third-order valence-electron chi connectivity index (χ3n) is 2.37. The molecule has 2 heterocycles. The van der Waals surface area contributed by atoms with Crippen LogP contribution in [0.1, 0.15) is 18.3 Å². The highest BCUT2D eigenvalue weighted by Crippen LogP contribution is 2.22. The number of halogens is 2. The van der Waals surface area contributed by atoms with Gasteiger partial charge < -0.3 is 0 Å². The molecule has 0 aliphatic carbocycles. The summed E-state index contributed by atoms with van der Waals surface area (Å²) in [6.07, 6.45) is 3.44. The summed E-state index contributed by atoms with van der Waals surface area (Å²) in [4.78, 5) is 0. The minimum absolute atomic E-state index is 0.649. The largest absolute Gasteiger partial charge is 0.267 e. The number of hydrogen-bond acceptors (Lipinski definition) is 2. The Labute approximate surface area is 107 Å². The molecule has 86 valence electrons. The molecule has 0 fully saturated rings. The van der Waals surface area contributed by atoms with Crippen LogP contribution in [0.25, 0.3) is 0 Å². The van der Waals surface area contributed by atoms with E-state index >= 15 is 0 Å². The fourth-order valence-corrected chi connectivity index (χ4v) is 2.16. The molecule has 0 aliphatic rings. The first-order valence-electron chi connectivity index (χ1n) is 5.01. The van der Waals surface area contributed by atoms with Gasteiger partial charge in [-0.2, -0.15) is 10.2 Å². The van der Waals surface area contributed by atoms with Gasteiger partial charge in [0.1, 0.15) is 0 Å². The van der Waals surface area contributed by atoms with Gasteiger partial charge in [0, 0.05) is 12.7 Å². The first-order chi connectivity index (χ1) is 7.61. The van der Waals surface area contributed by atoms with Crippen molar-refractivity contribution < 1.29 is 0 Å². The zero-order valence-electron chi connectivity index (χ0n) is 9.11. The number of hydrogen-bond donors (Lipinski definition) is 0. The lowest BCUT2D eigenvalue weighted by Crippen LogP contribution is -2.08. The van der Waals surface area contributed by atoms with Crippen molar-refractivity contribution in [3.63, 3.8) is 0 Å². The number of nitrogens with zero attached hydrogens (tertiary/aromatic N) is 4. The summed E-state index contributed by atoms with van der Waals surface area (Å²) >= 11 is 9.38. The average Bonchev–Trinajstić information content (AvgIpc) is 2.77. The molecule has 0 atom stereocenters. The quantitative estimate of drug-likeness (QED) is 0.874. The summed E-state index contributed by atoms with van der Waals surface area (Å²) in [5.41, 5.74) is 2.11. The minimum Gasteiger partial charge on any atom is -0.267 e. The Balaban J connectivity index is 2.33. The topological polar surface area (TPSA) is 35.6 Å². The molecule has 16 heavy (non-hydrogen) atoms. The summed E-state index contributed by atoms with van der Waals surface area (Å²) in [6.45, 7) is 5.56. The van der Waals surface area contributed by atoms with Crippen LogP contribution in [0.5, 0.6) is 0 Å². The second-order valence-corrected chi connectivity index (χ2v) is 4.75. The van der Waals surface area contributed by atoms with Crippen LogP contribution in [0.15, 0.2) is 16.9 Å². The van der Waals surface area contributed by atoms with E-state index in [1.54, 1.807) is 17.1 Å². The molecule has 0 bridgehead atoms. The fourth-order valence-electron chi connectivity index (χ4n) is 1.60. The number of aryl methyl sites for hydroxylation is 2. The molecule has 0 unspecified atom stereocenters. The predicted octanol–water partition coefficient (Wildman–Crippen LogP) is 2.87. The van der Waals surface area contributed by atoms with Crippen molar-refractivity contribution in [2.45, 2.75) is 26.9 Å². The highest BCUT2D eigenvalue weighted by atomic mass is 79.9. The van der Waals surface area contributed by atoms with Gasteiger partial charge in [-0.05, 0) is 29.8 Å². The molecule has 2 aromatic heterocycles. The average molecular weight is 304 g/mol. The van der Waals surface area contributed by atoms with Gasteiger partial charge >= 0.3 is 0 Å². The van der Waals surface area contributed by atoms with Crippen molar-refractivity contribution in [1.29, 1.82) is 0 Å². The van der Waals surface area contributed by atoms with E-state index < -0.39 is 0 Å². The Kier molecular flexibility index (Phi) is 3.35. The van der Waals surface area contributed by atoms with Crippen LogP contribution < -0.4 is 0 Å². The maximum Gasteiger partial charge on any atom is 0.0840 e. The number of rotatable bonds is 3. The summed E-state index contributed by atoms with van der Waals surface area (Å²) in [5, 5.41) is 9.24. The van der Waals surface area contributed by atoms with Crippen LogP contribution in [0, 0.1) is 6.92 Å². The maximum absolute atomic E-state index is 5.83. The third-order valence-corrected chi connectivity index (χ3v) is 3.59. The van der Waals surface area contributed by atoms with Gasteiger partial charge in [0.05, 0.1) is 33.6 Å². The van der Waals surface area contributed by atoms with Gasteiger partial charge in [-0.15, -0.1) is 0 Å². The molecule has 0 aliphatic heterocycles. The van der Waals surface area contributed by atoms with Gasteiger partial charge in [0.15, 0.2) is 0 Å². The molecular weight excluding hydrogens is 291 g/mol. The molecule has 2 aromatic rings. The highest BCUT2D eigenvalue weighted by Gasteiger charge is 2.12. The van der Waals surface area contributed by atoms with Crippen molar-refractivity contribution >= 4 is 27.5 Å². The van der Waals surface area contributed by atoms with Crippen molar-refractivity contribution in [2.24, 2.45) is 0 Å². The molecule has 0 spiro atoms. The second kappa shape index (κ2) is 4.59. The van der Waals surface area contributed by atoms with Gasteiger partial charge in [-0.3, -0.25) is 9.36 Å². The molecule has 0 amide bonds. The summed E-state index contributed by atoms with van der Waals surface area (Å²) < 4.78 is 4.81. The van der Waals surface area contributed by atoms with Crippen molar-refractivity contribution in [2.75, 3.05) is 0 Å². The molecule has 6 heteroatoms. The monoisotopic (exact) mass is 302 g/mol. The highest BCUT2D eigenvalue weighted by molar-refractivity contribution is 9.10. The lowest BCUT2D eigenvalue weighted by molar-refractivity contribution is 0.574. The van der Waals surface area contributed by atoms with E-state index in [0.29, 0.717) is 11.6 Å². The molecular formula is C10H12BrClN4. The molecule has 0 aromatic carbocycles. The summed E-state index contributed by atoms with van der Waals surface area (Å²) in [5.74, 6) is 0. The van der Waals surface area contributed by atoms with E-state index in [1.165, 1.54) is 0 Å². The first-order valence-corrected chi connectivity index (χ1v) is 6.18. The van der Waals surface area contributed by atoms with Crippen molar-refractivity contribution in [1.82, 2.24) is 19.6 Å². The Bertz CT molecular complexity index is 503. The van der Waals surface area contributed by atoms with Crippen LogP contribution in [0.2, 0.25) is 5.02 Å². The Morgan fingerprint density at radius 1 is 1.50 bits per heavy atom. The standard InChI is InChI=1S/C10H12BrClN4/c1-3-16-9(10(11)7(2)14-16)6-15-5-8(12)4-13-15/h4-5H,3,6H2,1-2H3. The third kappa shape index (κ3) is 2.15. The lowest BCUT2D eigenvalue weighted by atomic mass is 10.3. The normalized spacial score (nSPS) is 11.0. The van der Waals surface area contributed by atoms with E-state index in [9.17, 15) is 0 Å². The smallest absolute Gasteiger partial charge is 0.0840 e. The van der Waals surface area contributed by atoms with Gasteiger partial charge in [0.2, 0.25) is 0 Å². The predicted molar refractivity (Wildman–Crippen MR) is 66.7 cm³/mol. The van der Waals surface area contributed by atoms with Gasteiger partial charge in [0.25, 0.3) is 0 Å². The molecule has 0 N–H and O–H groups in total. The van der Waals surface area contributed by atoms with E-state index in [-0.39, 0.29) is 0 Å². The number of aromatic nitrogens is 4. The zero-order chi connectivity index (χ0) is 11.7. The van der Waals surface area contributed by atoms with Crippen molar-refractivity contribution in [3.8, 4) is 0 Å². The maximum atomic E-state index is 5.83. The van der Waals surface area contributed by atoms with E-state index in [2.05, 4.69) is 33.1 Å². The van der Waals surface area contributed by atoms with E-state index in [1.807, 2.05) is 11.6 Å². The molecule has 0 radical (unpaired) electrons.